The molecule has 2 rings (SSSR count). The second-order valence-electron chi connectivity index (χ2n) is 5.06. The monoisotopic (exact) mass is 332 g/mol. The van der Waals surface area contributed by atoms with E-state index in [4.69, 9.17) is 19.7 Å². The fourth-order valence-electron chi connectivity index (χ4n) is 2.17. The molecular formula is C17H20N2O5. The Hall–Kier alpha value is -2.80. The van der Waals surface area contributed by atoms with Gasteiger partial charge in [-0.2, -0.15) is 0 Å². The molecule has 24 heavy (non-hydrogen) atoms. The number of carboxylic acids is 1. The Labute approximate surface area is 139 Å². The first-order valence-corrected chi connectivity index (χ1v) is 7.43. The minimum absolute atomic E-state index is 0.0162. The van der Waals surface area contributed by atoms with Gasteiger partial charge in [0.2, 0.25) is 0 Å². The number of aliphatic hydroxyl groups excluding tert-OH is 1. The molecule has 0 aliphatic carbocycles. The molecule has 1 unspecified atom stereocenters. The maximum absolute atomic E-state index is 11.0. The molecule has 3 N–H and O–H groups in total. The fourth-order valence-corrected chi connectivity index (χ4v) is 2.17. The molecule has 1 aromatic heterocycles. The highest BCUT2D eigenvalue weighted by molar-refractivity contribution is 5.85. The van der Waals surface area contributed by atoms with Crippen molar-refractivity contribution in [3.8, 4) is 11.5 Å². The van der Waals surface area contributed by atoms with Gasteiger partial charge >= 0.3 is 5.97 Å². The van der Waals surface area contributed by atoms with Crippen LogP contribution in [0, 0.1) is 0 Å². The van der Waals surface area contributed by atoms with Crippen LogP contribution in [0.4, 0.5) is 5.82 Å². The van der Waals surface area contributed by atoms with Crippen LogP contribution in [0.15, 0.2) is 36.4 Å². The molecule has 0 radical (unpaired) electrons. The van der Waals surface area contributed by atoms with Crippen LogP contribution in [0.25, 0.3) is 0 Å². The summed E-state index contributed by atoms with van der Waals surface area (Å²) in [7, 11) is 1.54. The maximum Gasteiger partial charge on any atom is 0.354 e. The lowest BCUT2D eigenvalue weighted by atomic mass is 10.1. The summed E-state index contributed by atoms with van der Waals surface area (Å²) < 4.78 is 10.7. The molecule has 0 amide bonds. The summed E-state index contributed by atoms with van der Waals surface area (Å²) in [4.78, 5) is 15.0. The van der Waals surface area contributed by atoms with E-state index in [9.17, 15) is 4.79 Å². The third-order valence-electron chi connectivity index (χ3n) is 3.37. The molecule has 0 saturated heterocycles. The summed E-state index contributed by atoms with van der Waals surface area (Å²) in [6.07, 6.45) is 0. The van der Waals surface area contributed by atoms with Gasteiger partial charge in [0.05, 0.1) is 19.8 Å². The highest BCUT2D eigenvalue weighted by Crippen LogP contribution is 2.31. The van der Waals surface area contributed by atoms with Crippen LogP contribution in [0.5, 0.6) is 11.5 Å². The van der Waals surface area contributed by atoms with Gasteiger partial charge in [-0.1, -0.05) is 12.1 Å². The van der Waals surface area contributed by atoms with Crippen LogP contribution in [0.3, 0.4) is 0 Å². The van der Waals surface area contributed by atoms with Gasteiger partial charge < -0.3 is 25.0 Å². The van der Waals surface area contributed by atoms with Crippen molar-refractivity contribution < 1.29 is 24.5 Å². The molecule has 0 spiro atoms. The third-order valence-corrected chi connectivity index (χ3v) is 3.37. The zero-order valence-electron chi connectivity index (χ0n) is 13.5. The maximum atomic E-state index is 11.0. The quantitative estimate of drug-likeness (QED) is 0.682. The number of aromatic nitrogens is 1. The lowest BCUT2D eigenvalue weighted by molar-refractivity contribution is 0.0690. The Bertz CT molecular complexity index is 705. The van der Waals surface area contributed by atoms with Gasteiger partial charge in [-0.3, -0.25) is 0 Å². The highest BCUT2D eigenvalue weighted by Gasteiger charge is 2.12. The number of methoxy groups -OCH3 is 1. The fraction of sp³-hybridized carbons (Fsp3) is 0.294. The number of carbonyl (C=O) groups is 1. The molecular weight excluding hydrogens is 312 g/mol. The Morgan fingerprint density at radius 1 is 1.29 bits per heavy atom. The van der Waals surface area contributed by atoms with Crippen molar-refractivity contribution in [2.75, 3.05) is 25.6 Å². The molecule has 0 aliphatic rings. The number of rotatable bonds is 8. The molecule has 2 aromatic rings. The predicted molar refractivity (Wildman–Crippen MR) is 88.8 cm³/mol. The van der Waals surface area contributed by atoms with E-state index in [-0.39, 0.29) is 24.9 Å². The second-order valence-corrected chi connectivity index (χ2v) is 5.06. The Morgan fingerprint density at radius 3 is 2.75 bits per heavy atom. The van der Waals surface area contributed by atoms with Gasteiger partial charge in [0.15, 0.2) is 17.2 Å². The minimum atomic E-state index is -1.07. The van der Waals surface area contributed by atoms with E-state index >= 15 is 0 Å². The van der Waals surface area contributed by atoms with Gasteiger partial charge in [0, 0.05) is 0 Å². The average Bonchev–Trinajstić information content (AvgIpc) is 2.59. The molecule has 1 aromatic carbocycles. The molecule has 0 fully saturated rings. The number of ether oxygens (including phenoxy) is 2. The van der Waals surface area contributed by atoms with E-state index in [0.717, 1.165) is 5.56 Å². The van der Waals surface area contributed by atoms with E-state index in [1.54, 1.807) is 25.3 Å². The lowest BCUT2D eigenvalue weighted by Gasteiger charge is -2.17. The van der Waals surface area contributed by atoms with Gasteiger partial charge in [-0.15, -0.1) is 0 Å². The van der Waals surface area contributed by atoms with Crippen molar-refractivity contribution in [1.29, 1.82) is 0 Å². The minimum Gasteiger partial charge on any atom is -0.493 e. The number of pyridine rings is 1. The van der Waals surface area contributed by atoms with E-state index in [1.165, 1.54) is 6.07 Å². The van der Waals surface area contributed by atoms with Crippen molar-refractivity contribution in [2.45, 2.75) is 13.0 Å². The topological polar surface area (TPSA) is 101 Å². The SMILES string of the molecule is COc1cc(C(C)Nc2cccc(C(=O)O)n2)ccc1OCCO. The normalized spacial score (nSPS) is 11.6. The first-order valence-electron chi connectivity index (χ1n) is 7.43. The zero-order chi connectivity index (χ0) is 17.5. The summed E-state index contributed by atoms with van der Waals surface area (Å²) in [6.45, 7) is 2.04. The van der Waals surface area contributed by atoms with Crippen LogP contribution in [0.1, 0.15) is 29.0 Å². The molecule has 128 valence electrons. The summed E-state index contributed by atoms with van der Waals surface area (Å²) in [5, 5.41) is 21.0. The number of hydrogen-bond donors (Lipinski definition) is 3. The number of aliphatic hydroxyl groups is 1. The van der Waals surface area contributed by atoms with Crippen molar-refractivity contribution in [3.05, 3.63) is 47.7 Å². The van der Waals surface area contributed by atoms with Crippen molar-refractivity contribution in [1.82, 2.24) is 4.98 Å². The van der Waals surface area contributed by atoms with E-state index in [2.05, 4.69) is 10.3 Å². The highest BCUT2D eigenvalue weighted by atomic mass is 16.5. The Morgan fingerprint density at radius 2 is 2.08 bits per heavy atom. The van der Waals surface area contributed by atoms with Gasteiger partial charge in [-0.05, 0) is 36.8 Å². The van der Waals surface area contributed by atoms with Crippen LogP contribution >= 0.6 is 0 Å². The first kappa shape index (κ1) is 17.6. The van der Waals surface area contributed by atoms with E-state index in [1.807, 2.05) is 19.1 Å². The molecule has 7 nitrogen and oxygen atoms in total. The summed E-state index contributed by atoms with van der Waals surface area (Å²) in [6, 6.07) is 10.1. The first-order chi connectivity index (χ1) is 11.5. The number of carboxylic acid groups (broad SMARTS) is 1. The average molecular weight is 332 g/mol. The molecule has 1 heterocycles. The largest absolute Gasteiger partial charge is 0.493 e. The summed E-state index contributed by atoms with van der Waals surface area (Å²) in [5.74, 6) is 0.510. The summed E-state index contributed by atoms with van der Waals surface area (Å²) >= 11 is 0. The molecule has 0 aliphatic heterocycles. The van der Waals surface area contributed by atoms with E-state index in [0.29, 0.717) is 17.3 Å². The Balaban J connectivity index is 2.16. The number of anilines is 1. The van der Waals surface area contributed by atoms with Crippen LogP contribution in [-0.2, 0) is 0 Å². The molecule has 0 bridgehead atoms. The van der Waals surface area contributed by atoms with E-state index < -0.39 is 5.97 Å². The number of nitrogens with one attached hydrogen (secondary N) is 1. The summed E-state index contributed by atoms with van der Waals surface area (Å²) in [5.41, 5.74) is 0.906. The van der Waals surface area contributed by atoms with Gasteiger partial charge in [-0.25, -0.2) is 9.78 Å². The smallest absolute Gasteiger partial charge is 0.354 e. The van der Waals surface area contributed by atoms with Crippen molar-refractivity contribution in [2.24, 2.45) is 0 Å². The molecule has 0 saturated carbocycles. The lowest BCUT2D eigenvalue weighted by Crippen LogP contribution is -2.10. The number of nitrogens with zero attached hydrogens (tertiary/aromatic N) is 1. The van der Waals surface area contributed by atoms with Crippen molar-refractivity contribution in [3.63, 3.8) is 0 Å². The molecule has 1 atom stereocenters. The van der Waals surface area contributed by atoms with Gasteiger partial charge in [0.25, 0.3) is 0 Å². The number of hydrogen-bond acceptors (Lipinski definition) is 6. The Kier molecular flexibility index (Phi) is 5.97. The van der Waals surface area contributed by atoms with Crippen LogP contribution < -0.4 is 14.8 Å². The zero-order valence-corrected chi connectivity index (χ0v) is 13.5. The van der Waals surface area contributed by atoms with Crippen LogP contribution in [-0.4, -0.2) is 41.5 Å². The second kappa shape index (κ2) is 8.16. The number of benzene rings is 1. The van der Waals surface area contributed by atoms with Gasteiger partial charge in [0.1, 0.15) is 12.4 Å². The number of aromatic carboxylic acids is 1. The molecule has 7 heteroatoms. The standard InChI is InChI=1S/C17H20N2O5/c1-11(18-16-5-3-4-13(19-16)17(21)22)12-6-7-14(24-9-8-20)15(10-12)23-2/h3-7,10-11,20H,8-9H2,1-2H3,(H,18,19)(H,21,22). The third kappa shape index (κ3) is 4.36. The predicted octanol–water partition coefficient (Wildman–Crippen LogP) is 2.33. The van der Waals surface area contributed by atoms with Crippen LogP contribution in [0.2, 0.25) is 0 Å². The van der Waals surface area contributed by atoms with Crippen molar-refractivity contribution >= 4 is 11.8 Å².